The lowest BCUT2D eigenvalue weighted by Gasteiger charge is -2.03. The molecule has 0 spiro atoms. The summed E-state index contributed by atoms with van der Waals surface area (Å²) in [7, 11) is 1.88. The van der Waals surface area contributed by atoms with Crippen LogP contribution in [-0.4, -0.2) is 15.3 Å². The molecule has 18 heavy (non-hydrogen) atoms. The minimum atomic E-state index is -0.412. The average Bonchev–Trinajstić information content (AvgIpc) is 2.70. The van der Waals surface area contributed by atoms with E-state index in [1.807, 2.05) is 17.8 Å². The van der Waals surface area contributed by atoms with Crippen LogP contribution < -0.4 is 0 Å². The average molecular weight is 311 g/mol. The third kappa shape index (κ3) is 3.04. The molecule has 3 nitrogen and oxygen atoms in total. The number of hydrogen-bond donors (Lipinski definition) is 0. The molecule has 94 valence electrons. The minimum absolute atomic E-state index is 0.0850. The second-order valence-corrected chi connectivity index (χ2v) is 4.95. The number of carbonyl (C=O) groups is 1. The Hall–Kier alpha value is -1.49. The van der Waals surface area contributed by atoms with E-state index in [1.165, 1.54) is 12.1 Å². The topological polar surface area (TPSA) is 34.9 Å². The van der Waals surface area contributed by atoms with Crippen molar-refractivity contribution in [1.29, 1.82) is 0 Å². The number of carbonyl (C=O) groups excluding carboxylic acids is 1. The number of Topliss-reactive ketones (excluding diaryl/α,β-unsaturated/α-hetero) is 1. The van der Waals surface area contributed by atoms with Crippen LogP contribution in [-0.2, 0) is 13.5 Å². The molecule has 0 saturated carbocycles. The molecule has 0 radical (unpaired) electrons. The molecule has 2 aromatic rings. The van der Waals surface area contributed by atoms with Crippen molar-refractivity contribution in [1.82, 2.24) is 9.55 Å². The standard InChI is InChI=1S/C13H12BrFN2O/c1-17-5-4-16-13(17)3-2-12(18)9-6-10(14)8-11(15)7-9/h4-8H,2-3H2,1H3. The molecule has 0 atom stereocenters. The van der Waals surface area contributed by atoms with Crippen LogP contribution in [0.25, 0.3) is 0 Å². The van der Waals surface area contributed by atoms with Crippen molar-refractivity contribution >= 4 is 21.7 Å². The number of benzene rings is 1. The molecule has 0 amide bonds. The molecule has 2 rings (SSSR count). The Morgan fingerprint density at radius 1 is 1.44 bits per heavy atom. The molecule has 0 saturated heterocycles. The number of rotatable bonds is 4. The first kappa shape index (κ1) is 13.0. The Morgan fingerprint density at radius 3 is 2.83 bits per heavy atom. The zero-order chi connectivity index (χ0) is 13.1. The number of hydrogen-bond acceptors (Lipinski definition) is 2. The number of halogens is 2. The molecule has 0 aliphatic rings. The second kappa shape index (κ2) is 5.44. The summed E-state index contributed by atoms with van der Waals surface area (Å²) in [4.78, 5) is 16.1. The van der Waals surface area contributed by atoms with Crippen LogP contribution >= 0.6 is 15.9 Å². The van der Waals surface area contributed by atoms with Crippen LogP contribution in [0.1, 0.15) is 22.6 Å². The zero-order valence-corrected chi connectivity index (χ0v) is 11.4. The summed E-state index contributed by atoms with van der Waals surface area (Å²) >= 11 is 3.17. The number of nitrogens with zero attached hydrogens (tertiary/aromatic N) is 2. The molecule has 0 unspecified atom stereocenters. The lowest BCUT2D eigenvalue weighted by molar-refractivity contribution is 0.0981. The van der Waals surface area contributed by atoms with Crippen molar-refractivity contribution in [3.05, 3.63) is 52.3 Å². The molecule has 0 bridgehead atoms. The van der Waals surface area contributed by atoms with Crippen molar-refractivity contribution in [2.45, 2.75) is 12.8 Å². The molecule has 0 aliphatic heterocycles. The highest BCUT2D eigenvalue weighted by Crippen LogP contribution is 2.16. The van der Waals surface area contributed by atoms with Crippen LogP contribution in [0.3, 0.4) is 0 Å². The monoisotopic (exact) mass is 310 g/mol. The van der Waals surface area contributed by atoms with E-state index in [0.29, 0.717) is 22.9 Å². The lowest BCUT2D eigenvalue weighted by Crippen LogP contribution is -2.05. The highest BCUT2D eigenvalue weighted by Gasteiger charge is 2.10. The first-order chi connectivity index (χ1) is 8.56. The van der Waals surface area contributed by atoms with Crippen LogP contribution in [0.4, 0.5) is 4.39 Å². The summed E-state index contributed by atoms with van der Waals surface area (Å²) in [6.07, 6.45) is 4.40. The van der Waals surface area contributed by atoms with Gasteiger partial charge in [-0.15, -0.1) is 0 Å². The Kier molecular flexibility index (Phi) is 3.91. The predicted octanol–water partition coefficient (Wildman–Crippen LogP) is 3.14. The van der Waals surface area contributed by atoms with Gasteiger partial charge >= 0.3 is 0 Å². The smallest absolute Gasteiger partial charge is 0.163 e. The fourth-order valence-corrected chi connectivity index (χ4v) is 2.19. The van der Waals surface area contributed by atoms with Crippen LogP contribution in [0.5, 0.6) is 0 Å². The third-order valence-corrected chi connectivity index (χ3v) is 3.14. The fourth-order valence-electron chi connectivity index (χ4n) is 1.72. The van der Waals surface area contributed by atoms with Gasteiger partial charge < -0.3 is 4.57 Å². The molecule has 5 heteroatoms. The molecule has 0 aliphatic carbocycles. The highest BCUT2D eigenvalue weighted by atomic mass is 79.9. The van der Waals surface area contributed by atoms with E-state index in [0.717, 1.165) is 5.82 Å². The summed E-state index contributed by atoms with van der Waals surface area (Å²) in [6, 6.07) is 4.21. The molecule has 0 N–H and O–H groups in total. The van der Waals surface area contributed by atoms with Crippen molar-refractivity contribution < 1.29 is 9.18 Å². The van der Waals surface area contributed by atoms with Crippen molar-refractivity contribution in [3.63, 3.8) is 0 Å². The Bertz CT molecular complexity index is 560. The Morgan fingerprint density at radius 2 is 2.22 bits per heavy atom. The van der Waals surface area contributed by atoms with Gasteiger partial charge in [0, 0.05) is 42.3 Å². The second-order valence-electron chi connectivity index (χ2n) is 4.04. The van der Waals surface area contributed by atoms with Gasteiger partial charge in [0.2, 0.25) is 0 Å². The molecular formula is C13H12BrFN2O. The number of aromatic nitrogens is 2. The quantitative estimate of drug-likeness (QED) is 0.813. The molecule has 1 heterocycles. The van der Waals surface area contributed by atoms with Gasteiger partial charge in [0.1, 0.15) is 11.6 Å². The molecule has 0 fully saturated rings. The van der Waals surface area contributed by atoms with Crippen molar-refractivity contribution in [2.24, 2.45) is 7.05 Å². The maximum Gasteiger partial charge on any atom is 0.163 e. The number of imidazole rings is 1. The maximum absolute atomic E-state index is 13.2. The van der Waals surface area contributed by atoms with E-state index in [2.05, 4.69) is 20.9 Å². The van der Waals surface area contributed by atoms with Crippen LogP contribution in [0, 0.1) is 5.82 Å². The zero-order valence-electron chi connectivity index (χ0n) is 9.86. The van der Waals surface area contributed by atoms with Gasteiger partial charge in [0.25, 0.3) is 0 Å². The van der Waals surface area contributed by atoms with Gasteiger partial charge in [0.15, 0.2) is 5.78 Å². The molecule has 1 aromatic heterocycles. The summed E-state index contributed by atoms with van der Waals surface area (Å²) in [5.41, 5.74) is 0.385. The highest BCUT2D eigenvalue weighted by molar-refractivity contribution is 9.10. The van der Waals surface area contributed by atoms with Gasteiger partial charge in [-0.25, -0.2) is 9.37 Å². The van der Waals surface area contributed by atoms with Crippen molar-refractivity contribution in [2.75, 3.05) is 0 Å². The van der Waals surface area contributed by atoms with E-state index < -0.39 is 5.82 Å². The number of aryl methyl sites for hydroxylation is 2. The largest absolute Gasteiger partial charge is 0.338 e. The fraction of sp³-hybridized carbons (Fsp3) is 0.231. The minimum Gasteiger partial charge on any atom is -0.338 e. The van der Waals surface area contributed by atoms with E-state index in [-0.39, 0.29) is 5.78 Å². The van der Waals surface area contributed by atoms with Gasteiger partial charge in [0.05, 0.1) is 0 Å². The Balaban J connectivity index is 2.06. The number of ketones is 1. The predicted molar refractivity (Wildman–Crippen MR) is 70.0 cm³/mol. The summed E-state index contributed by atoms with van der Waals surface area (Å²) in [5, 5.41) is 0. The summed E-state index contributed by atoms with van der Waals surface area (Å²) in [5.74, 6) is 0.349. The molecular weight excluding hydrogens is 299 g/mol. The summed E-state index contributed by atoms with van der Waals surface area (Å²) in [6.45, 7) is 0. The van der Waals surface area contributed by atoms with Gasteiger partial charge in [-0.05, 0) is 18.2 Å². The van der Waals surface area contributed by atoms with E-state index >= 15 is 0 Å². The van der Waals surface area contributed by atoms with Crippen LogP contribution in [0.2, 0.25) is 0 Å². The third-order valence-electron chi connectivity index (χ3n) is 2.68. The van der Waals surface area contributed by atoms with E-state index in [1.54, 1.807) is 12.3 Å². The van der Waals surface area contributed by atoms with Crippen LogP contribution in [0.15, 0.2) is 35.1 Å². The first-order valence-electron chi connectivity index (χ1n) is 5.52. The van der Waals surface area contributed by atoms with E-state index in [9.17, 15) is 9.18 Å². The SMILES string of the molecule is Cn1ccnc1CCC(=O)c1cc(F)cc(Br)c1. The molecule has 1 aromatic carbocycles. The van der Waals surface area contributed by atoms with Gasteiger partial charge in [-0.3, -0.25) is 4.79 Å². The maximum atomic E-state index is 13.2. The van der Waals surface area contributed by atoms with E-state index in [4.69, 9.17) is 0 Å². The summed E-state index contributed by atoms with van der Waals surface area (Å²) < 4.78 is 15.6. The van der Waals surface area contributed by atoms with Gasteiger partial charge in [-0.2, -0.15) is 0 Å². The Labute approximate surface area is 113 Å². The normalized spacial score (nSPS) is 10.6. The lowest BCUT2D eigenvalue weighted by atomic mass is 10.1. The van der Waals surface area contributed by atoms with Gasteiger partial charge in [-0.1, -0.05) is 15.9 Å². The first-order valence-corrected chi connectivity index (χ1v) is 6.31. The van der Waals surface area contributed by atoms with Crippen molar-refractivity contribution in [3.8, 4) is 0 Å².